The molecule has 0 aromatic heterocycles. The normalized spacial score (nSPS) is 15.0. The van der Waals surface area contributed by atoms with Gasteiger partial charge in [0.05, 0.1) is 5.92 Å². The maximum atomic E-state index is 13.5. The van der Waals surface area contributed by atoms with Crippen LogP contribution in [0, 0.1) is 0 Å². The number of phenolic OH excluding ortho intramolecular Hbond substituents is 1. The van der Waals surface area contributed by atoms with Gasteiger partial charge in [0, 0.05) is 13.1 Å². The van der Waals surface area contributed by atoms with Crippen LogP contribution in [0.3, 0.4) is 0 Å². The molecule has 1 heterocycles. The van der Waals surface area contributed by atoms with Gasteiger partial charge in [-0.05, 0) is 47.6 Å². The van der Waals surface area contributed by atoms with E-state index in [4.69, 9.17) is 0 Å². The number of piperidine rings is 1. The summed E-state index contributed by atoms with van der Waals surface area (Å²) in [6, 6.07) is 27.6. The zero-order chi connectivity index (χ0) is 19.3. The highest BCUT2D eigenvalue weighted by Gasteiger charge is 2.30. The van der Waals surface area contributed by atoms with Crippen LogP contribution < -0.4 is 0 Å². The predicted molar refractivity (Wildman–Crippen MR) is 111 cm³/mol. The number of aromatic hydroxyl groups is 1. The molecule has 0 atom stereocenters. The summed E-state index contributed by atoms with van der Waals surface area (Å²) < 4.78 is 0. The molecule has 3 heteroatoms. The molecule has 1 fully saturated rings. The van der Waals surface area contributed by atoms with Crippen LogP contribution in [0.1, 0.15) is 41.4 Å². The van der Waals surface area contributed by atoms with Gasteiger partial charge in [-0.25, -0.2) is 0 Å². The number of carbonyl (C=O) groups excluding carboxylic acids is 1. The largest absolute Gasteiger partial charge is 0.508 e. The first-order valence-electron chi connectivity index (χ1n) is 9.90. The van der Waals surface area contributed by atoms with Gasteiger partial charge in [0.15, 0.2) is 0 Å². The first-order valence-corrected chi connectivity index (χ1v) is 9.90. The SMILES string of the molecule is O=C(C(c1ccccc1)c1ccccc1)N1CCC(c2ccc(O)cc2)CC1. The molecule has 142 valence electrons. The van der Waals surface area contributed by atoms with Crippen molar-refractivity contribution in [3.8, 4) is 5.75 Å². The standard InChI is InChI=1S/C25H25NO2/c27-23-13-11-19(12-14-23)20-15-17-26(18-16-20)25(28)24(21-7-3-1-4-8-21)22-9-5-2-6-10-22/h1-14,20,24,27H,15-18H2. The fourth-order valence-corrected chi connectivity index (χ4v) is 4.13. The van der Waals surface area contributed by atoms with E-state index in [0.717, 1.165) is 37.1 Å². The van der Waals surface area contributed by atoms with Crippen molar-refractivity contribution in [1.82, 2.24) is 4.90 Å². The first-order chi connectivity index (χ1) is 13.7. The summed E-state index contributed by atoms with van der Waals surface area (Å²) in [7, 11) is 0. The molecule has 3 aromatic carbocycles. The number of hydrogen-bond donors (Lipinski definition) is 1. The summed E-state index contributed by atoms with van der Waals surface area (Å²) in [5.41, 5.74) is 3.33. The fourth-order valence-electron chi connectivity index (χ4n) is 4.13. The number of phenols is 1. The van der Waals surface area contributed by atoms with Crippen molar-refractivity contribution < 1.29 is 9.90 Å². The Morgan fingerprint density at radius 2 is 1.29 bits per heavy atom. The number of carbonyl (C=O) groups is 1. The van der Waals surface area contributed by atoms with Crippen LogP contribution >= 0.6 is 0 Å². The third-order valence-electron chi connectivity index (χ3n) is 5.68. The molecule has 0 radical (unpaired) electrons. The summed E-state index contributed by atoms with van der Waals surface area (Å²) in [5.74, 6) is 0.663. The van der Waals surface area contributed by atoms with Gasteiger partial charge < -0.3 is 10.0 Å². The summed E-state index contributed by atoms with van der Waals surface area (Å²) in [6.07, 6.45) is 1.90. The van der Waals surface area contributed by atoms with Gasteiger partial charge in [0.25, 0.3) is 0 Å². The minimum absolute atomic E-state index is 0.182. The highest BCUT2D eigenvalue weighted by Crippen LogP contribution is 2.32. The number of hydrogen-bond acceptors (Lipinski definition) is 2. The van der Waals surface area contributed by atoms with Gasteiger partial charge in [0.1, 0.15) is 5.75 Å². The van der Waals surface area contributed by atoms with E-state index in [2.05, 4.69) is 0 Å². The maximum Gasteiger partial charge on any atom is 0.234 e. The lowest BCUT2D eigenvalue weighted by atomic mass is 9.86. The van der Waals surface area contributed by atoms with Crippen molar-refractivity contribution in [2.45, 2.75) is 24.7 Å². The molecule has 4 rings (SSSR count). The van der Waals surface area contributed by atoms with Crippen LogP contribution in [0.2, 0.25) is 0 Å². The molecule has 28 heavy (non-hydrogen) atoms. The molecule has 1 aliphatic heterocycles. The molecule has 0 aliphatic carbocycles. The summed E-state index contributed by atoms with van der Waals surface area (Å²) in [4.78, 5) is 15.5. The number of nitrogens with zero attached hydrogens (tertiary/aromatic N) is 1. The molecular formula is C25H25NO2. The second-order valence-electron chi connectivity index (χ2n) is 7.45. The Balaban J connectivity index is 1.51. The lowest BCUT2D eigenvalue weighted by Gasteiger charge is -2.34. The van der Waals surface area contributed by atoms with Crippen LogP contribution in [0.25, 0.3) is 0 Å². The van der Waals surface area contributed by atoms with Crippen molar-refractivity contribution >= 4 is 5.91 Å². The number of amides is 1. The Kier molecular flexibility index (Phi) is 5.43. The molecule has 0 saturated carbocycles. The van der Waals surface area contributed by atoms with Crippen LogP contribution in [-0.4, -0.2) is 29.0 Å². The summed E-state index contributed by atoms with van der Waals surface area (Å²) in [6.45, 7) is 1.53. The Morgan fingerprint density at radius 3 is 1.79 bits per heavy atom. The number of benzene rings is 3. The number of likely N-dealkylation sites (tertiary alicyclic amines) is 1. The zero-order valence-electron chi connectivity index (χ0n) is 15.9. The molecule has 0 unspecified atom stereocenters. The smallest absolute Gasteiger partial charge is 0.234 e. The molecule has 0 bridgehead atoms. The van der Waals surface area contributed by atoms with Gasteiger partial charge in [0.2, 0.25) is 5.91 Å². The Bertz CT molecular complexity index is 859. The Morgan fingerprint density at radius 1 is 0.786 bits per heavy atom. The Labute approximate surface area is 166 Å². The summed E-state index contributed by atoms with van der Waals surface area (Å²) in [5, 5.41) is 9.49. The summed E-state index contributed by atoms with van der Waals surface area (Å²) >= 11 is 0. The van der Waals surface area contributed by atoms with Gasteiger partial charge in [-0.2, -0.15) is 0 Å². The van der Waals surface area contributed by atoms with E-state index in [1.807, 2.05) is 77.7 Å². The highest BCUT2D eigenvalue weighted by atomic mass is 16.3. The molecular weight excluding hydrogens is 346 g/mol. The van der Waals surface area contributed by atoms with Gasteiger partial charge in [-0.15, -0.1) is 0 Å². The van der Waals surface area contributed by atoms with Gasteiger partial charge in [-0.1, -0.05) is 72.8 Å². The third-order valence-corrected chi connectivity index (χ3v) is 5.68. The minimum Gasteiger partial charge on any atom is -0.508 e. The van der Waals surface area contributed by atoms with Crippen LogP contribution in [0.15, 0.2) is 84.9 Å². The van der Waals surface area contributed by atoms with E-state index in [-0.39, 0.29) is 11.8 Å². The first kappa shape index (κ1) is 18.3. The van der Waals surface area contributed by atoms with Crippen LogP contribution in [-0.2, 0) is 4.79 Å². The van der Waals surface area contributed by atoms with Crippen LogP contribution in [0.5, 0.6) is 5.75 Å². The molecule has 3 aromatic rings. The molecule has 1 aliphatic rings. The van der Waals surface area contributed by atoms with Crippen LogP contribution in [0.4, 0.5) is 0 Å². The third kappa shape index (κ3) is 3.94. The van der Waals surface area contributed by atoms with Crippen molar-refractivity contribution in [2.75, 3.05) is 13.1 Å². The van der Waals surface area contributed by atoms with Crippen molar-refractivity contribution in [1.29, 1.82) is 0 Å². The Hall–Kier alpha value is -3.07. The quantitative estimate of drug-likeness (QED) is 0.706. The van der Waals surface area contributed by atoms with E-state index in [1.54, 1.807) is 12.1 Å². The topological polar surface area (TPSA) is 40.5 Å². The maximum absolute atomic E-state index is 13.5. The molecule has 0 spiro atoms. The molecule has 3 nitrogen and oxygen atoms in total. The van der Waals surface area contributed by atoms with E-state index >= 15 is 0 Å². The van der Waals surface area contributed by atoms with Crippen molar-refractivity contribution in [2.24, 2.45) is 0 Å². The average Bonchev–Trinajstić information content (AvgIpc) is 2.76. The van der Waals surface area contributed by atoms with E-state index in [0.29, 0.717) is 11.7 Å². The van der Waals surface area contributed by atoms with E-state index in [9.17, 15) is 9.90 Å². The monoisotopic (exact) mass is 371 g/mol. The highest BCUT2D eigenvalue weighted by molar-refractivity contribution is 5.87. The molecule has 1 saturated heterocycles. The van der Waals surface area contributed by atoms with E-state index < -0.39 is 0 Å². The zero-order valence-corrected chi connectivity index (χ0v) is 15.9. The number of rotatable bonds is 4. The average molecular weight is 371 g/mol. The lowest BCUT2D eigenvalue weighted by Crippen LogP contribution is -2.41. The lowest BCUT2D eigenvalue weighted by molar-refractivity contribution is -0.132. The van der Waals surface area contributed by atoms with E-state index in [1.165, 1.54) is 5.56 Å². The predicted octanol–water partition coefficient (Wildman–Crippen LogP) is 4.93. The molecule has 1 N–H and O–H groups in total. The fraction of sp³-hybridized carbons (Fsp3) is 0.240. The second-order valence-corrected chi connectivity index (χ2v) is 7.45. The molecule has 1 amide bonds. The van der Waals surface area contributed by atoms with Gasteiger partial charge in [-0.3, -0.25) is 4.79 Å². The second kappa shape index (κ2) is 8.30. The van der Waals surface area contributed by atoms with Crippen molar-refractivity contribution in [3.63, 3.8) is 0 Å². The van der Waals surface area contributed by atoms with Gasteiger partial charge >= 0.3 is 0 Å². The minimum atomic E-state index is -0.257. The van der Waals surface area contributed by atoms with Crippen molar-refractivity contribution in [3.05, 3.63) is 102 Å².